The molecule has 1 amide bonds. The van der Waals surface area contributed by atoms with Crippen LogP contribution in [0.1, 0.15) is 12.7 Å². The highest BCUT2D eigenvalue weighted by Crippen LogP contribution is 2.22. The van der Waals surface area contributed by atoms with E-state index in [1.54, 1.807) is 28.9 Å². The van der Waals surface area contributed by atoms with Gasteiger partial charge in [0, 0.05) is 12.1 Å². The van der Waals surface area contributed by atoms with Gasteiger partial charge in [0.1, 0.15) is 23.9 Å². The molecule has 0 saturated heterocycles. The maximum atomic E-state index is 12.9. The summed E-state index contributed by atoms with van der Waals surface area (Å²) < 4.78 is 25.6. The van der Waals surface area contributed by atoms with Crippen LogP contribution in [0.4, 0.5) is 4.39 Å². The summed E-state index contributed by atoms with van der Waals surface area (Å²) in [5.74, 6) is 1.44. The maximum absolute atomic E-state index is 12.9. The molecule has 7 nitrogen and oxygen atoms in total. The van der Waals surface area contributed by atoms with E-state index < -0.39 is 5.91 Å². The van der Waals surface area contributed by atoms with E-state index >= 15 is 0 Å². The molecule has 2 aromatic carbocycles. The maximum Gasteiger partial charge on any atom is 0.255 e. The average Bonchev–Trinajstić information content (AvgIpc) is 3.09. The van der Waals surface area contributed by atoms with Gasteiger partial charge in [-0.25, -0.2) is 14.1 Å². The summed E-state index contributed by atoms with van der Waals surface area (Å²) in [6.45, 7) is 2.60. The topological polar surface area (TPSA) is 92.3 Å². The molecule has 27 heavy (non-hydrogen) atoms. The van der Waals surface area contributed by atoms with E-state index in [1.165, 1.54) is 12.1 Å². The molecular formula is C19H19FN4O3. The highest BCUT2D eigenvalue weighted by molar-refractivity contribution is 5.75. The number of aryl methyl sites for hydroxylation is 1. The molecule has 0 saturated carbocycles. The van der Waals surface area contributed by atoms with Crippen molar-refractivity contribution in [1.29, 1.82) is 0 Å². The van der Waals surface area contributed by atoms with Crippen LogP contribution in [0.15, 0.2) is 48.5 Å². The molecule has 3 rings (SSSR count). The fraction of sp³-hybridized carbons (Fsp3) is 0.211. The van der Waals surface area contributed by atoms with E-state index in [1.807, 2.05) is 19.1 Å². The predicted octanol–water partition coefficient (Wildman–Crippen LogP) is 2.55. The van der Waals surface area contributed by atoms with Crippen LogP contribution in [-0.4, -0.2) is 27.3 Å². The Bertz CT molecular complexity index is 908. The number of hydrogen-bond acceptors (Lipinski definition) is 5. The van der Waals surface area contributed by atoms with Crippen LogP contribution >= 0.6 is 0 Å². The van der Waals surface area contributed by atoms with Crippen LogP contribution in [0, 0.1) is 5.82 Å². The number of aromatic nitrogens is 3. The zero-order valence-electron chi connectivity index (χ0n) is 14.8. The number of rotatable bonds is 8. The molecule has 1 heterocycles. The van der Waals surface area contributed by atoms with Gasteiger partial charge in [0.15, 0.2) is 18.3 Å². The van der Waals surface area contributed by atoms with Gasteiger partial charge >= 0.3 is 0 Å². The molecule has 0 atom stereocenters. The van der Waals surface area contributed by atoms with E-state index in [2.05, 4.69) is 10.1 Å². The van der Waals surface area contributed by atoms with Crippen LogP contribution in [-0.2, 0) is 17.9 Å². The third-order valence-corrected chi connectivity index (χ3v) is 3.69. The molecule has 140 valence electrons. The second-order valence-electron chi connectivity index (χ2n) is 5.69. The van der Waals surface area contributed by atoms with Gasteiger partial charge < -0.3 is 15.2 Å². The Morgan fingerprint density at radius 3 is 2.33 bits per heavy atom. The Morgan fingerprint density at radius 2 is 1.70 bits per heavy atom. The van der Waals surface area contributed by atoms with Gasteiger partial charge in [-0.3, -0.25) is 4.79 Å². The Morgan fingerprint density at radius 1 is 1.07 bits per heavy atom. The number of halogens is 1. The van der Waals surface area contributed by atoms with E-state index in [-0.39, 0.29) is 19.0 Å². The minimum absolute atomic E-state index is 0.171. The summed E-state index contributed by atoms with van der Waals surface area (Å²) in [7, 11) is 0. The lowest BCUT2D eigenvalue weighted by Gasteiger charge is -2.05. The Hall–Kier alpha value is -3.42. The summed E-state index contributed by atoms with van der Waals surface area (Å²) in [4.78, 5) is 15.3. The van der Waals surface area contributed by atoms with Crippen LogP contribution in [0.25, 0.3) is 11.4 Å². The van der Waals surface area contributed by atoms with Crippen molar-refractivity contribution in [2.45, 2.75) is 20.1 Å². The average molecular weight is 370 g/mol. The molecule has 2 N–H and O–H groups in total. The molecule has 0 radical (unpaired) electrons. The number of hydrogen-bond donors (Lipinski definition) is 1. The molecule has 0 fully saturated rings. The highest BCUT2D eigenvalue weighted by Gasteiger charge is 2.12. The first-order chi connectivity index (χ1) is 13.0. The number of benzene rings is 2. The Kier molecular flexibility index (Phi) is 5.65. The quantitative estimate of drug-likeness (QED) is 0.658. The first-order valence-corrected chi connectivity index (χ1v) is 8.38. The third kappa shape index (κ3) is 4.81. The minimum Gasteiger partial charge on any atom is -0.486 e. The van der Waals surface area contributed by atoms with Crippen LogP contribution in [0.3, 0.4) is 0 Å². The molecule has 0 aliphatic heterocycles. The lowest BCUT2D eigenvalue weighted by molar-refractivity contribution is -0.119. The van der Waals surface area contributed by atoms with E-state index in [9.17, 15) is 9.18 Å². The minimum atomic E-state index is -0.532. The molecule has 1 aromatic heterocycles. The summed E-state index contributed by atoms with van der Waals surface area (Å²) in [6.07, 6.45) is 0. The molecule has 0 spiro atoms. The highest BCUT2D eigenvalue weighted by atomic mass is 19.1. The molecule has 0 aliphatic carbocycles. The summed E-state index contributed by atoms with van der Waals surface area (Å²) in [5, 5.41) is 4.43. The van der Waals surface area contributed by atoms with Gasteiger partial charge in [-0.1, -0.05) is 0 Å². The lowest BCUT2D eigenvalue weighted by atomic mass is 10.2. The van der Waals surface area contributed by atoms with Crippen molar-refractivity contribution < 1.29 is 18.7 Å². The number of nitrogens with two attached hydrogens (primary N) is 1. The smallest absolute Gasteiger partial charge is 0.255 e. The predicted molar refractivity (Wildman–Crippen MR) is 96.6 cm³/mol. The van der Waals surface area contributed by atoms with Gasteiger partial charge in [-0.05, 0) is 55.5 Å². The third-order valence-electron chi connectivity index (χ3n) is 3.69. The largest absolute Gasteiger partial charge is 0.486 e. The number of primary amides is 1. The summed E-state index contributed by atoms with van der Waals surface area (Å²) >= 11 is 0. The van der Waals surface area contributed by atoms with E-state index in [4.69, 9.17) is 15.2 Å². The second-order valence-corrected chi connectivity index (χ2v) is 5.69. The van der Waals surface area contributed by atoms with Gasteiger partial charge in [0.25, 0.3) is 5.91 Å². The lowest BCUT2D eigenvalue weighted by Crippen LogP contribution is -2.19. The van der Waals surface area contributed by atoms with Crippen molar-refractivity contribution in [2.24, 2.45) is 5.73 Å². The van der Waals surface area contributed by atoms with Crippen molar-refractivity contribution in [2.75, 3.05) is 6.61 Å². The van der Waals surface area contributed by atoms with Crippen molar-refractivity contribution in [3.63, 3.8) is 0 Å². The monoisotopic (exact) mass is 370 g/mol. The molecule has 3 aromatic rings. The fourth-order valence-electron chi connectivity index (χ4n) is 2.42. The molecular weight excluding hydrogens is 351 g/mol. The van der Waals surface area contributed by atoms with Gasteiger partial charge in [-0.15, -0.1) is 0 Å². The van der Waals surface area contributed by atoms with E-state index in [0.717, 1.165) is 5.56 Å². The van der Waals surface area contributed by atoms with Crippen LogP contribution < -0.4 is 15.2 Å². The molecule has 8 heteroatoms. The molecule has 0 bridgehead atoms. The molecule has 0 aliphatic rings. The van der Waals surface area contributed by atoms with Crippen LogP contribution in [0.2, 0.25) is 0 Å². The second kappa shape index (κ2) is 8.31. The summed E-state index contributed by atoms with van der Waals surface area (Å²) in [6, 6.07) is 12.9. The van der Waals surface area contributed by atoms with Crippen molar-refractivity contribution in [3.05, 3.63) is 60.2 Å². The van der Waals surface area contributed by atoms with Crippen LogP contribution in [0.5, 0.6) is 11.5 Å². The standard InChI is InChI=1S/C19H19FN4O3/c1-2-24-19(13-3-7-15(8-4-13)26-11-17(21)25)22-18(23-24)12-27-16-9-5-14(20)6-10-16/h3-10H,2,11-12H2,1H3,(H2,21,25). The van der Waals surface area contributed by atoms with Crippen molar-refractivity contribution >= 4 is 5.91 Å². The van der Waals surface area contributed by atoms with E-state index in [0.29, 0.717) is 29.7 Å². The van der Waals surface area contributed by atoms with Crippen molar-refractivity contribution in [1.82, 2.24) is 14.8 Å². The van der Waals surface area contributed by atoms with Gasteiger partial charge in [0.05, 0.1) is 0 Å². The molecule has 0 unspecified atom stereocenters. The number of carbonyl (C=O) groups is 1. The number of nitrogens with zero attached hydrogens (tertiary/aromatic N) is 3. The number of amides is 1. The normalized spacial score (nSPS) is 10.6. The Labute approximate surface area is 155 Å². The number of ether oxygens (including phenoxy) is 2. The van der Waals surface area contributed by atoms with Gasteiger partial charge in [-0.2, -0.15) is 5.10 Å². The first kappa shape index (κ1) is 18.4. The van der Waals surface area contributed by atoms with Gasteiger partial charge in [0.2, 0.25) is 0 Å². The number of carbonyl (C=O) groups excluding carboxylic acids is 1. The zero-order valence-corrected chi connectivity index (χ0v) is 14.8. The fourth-order valence-corrected chi connectivity index (χ4v) is 2.42. The van der Waals surface area contributed by atoms with Crippen molar-refractivity contribution in [3.8, 4) is 22.9 Å². The Balaban J connectivity index is 1.71. The summed E-state index contributed by atoms with van der Waals surface area (Å²) in [5.41, 5.74) is 5.91. The first-order valence-electron chi connectivity index (χ1n) is 8.38. The SMILES string of the molecule is CCn1nc(COc2ccc(F)cc2)nc1-c1ccc(OCC(N)=O)cc1. The zero-order chi connectivity index (χ0) is 19.2.